The zero-order valence-corrected chi connectivity index (χ0v) is 10.4. The molecular formula is C12H24O4. The van der Waals surface area contributed by atoms with Gasteiger partial charge in [0.25, 0.3) is 5.97 Å². The number of rotatable bonds is 8. The molecule has 0 aromatic heterocycles. The highest BCUT2D eigenvalue weighted by atomic mass is 16.4. The van der Waals surface area contributed by atoms with Crippen molar-refractivity contribution in [2.75, 3.05) is 0 Å². The molecule has 4 heteroatoms. The van der Waals surface area contributed by atoms with Crippen molar-refractivity contribution in [3.8, 4) is 0 Å². The van der Waals surface area contributed by atoms with E-state index in [-0.39, 0.29) is 0 Å². The van der Waals surface area contributed by atoms with E-state index >= 15 is 0 Å². The van der Waals surface area contributed by atoms with Gasteiger partial charge in [-0.3, -0.25) is 9.59 Å². The summed E-state index contributed by atoms with van der Waals surface area (Å²) in [6.07, 6.45) is 8.64. The zero-order valence-electron chi connectivity index (χ0n) is 10.4. The van der Waals surface area contributed by atoms with Crippen molar-refractivity contribution in [1.29, 1.82) is 0 Å². The van der Waals surface area contributed by atoms with Crippen molar-refractivity contribution >= 4 is 11.9 Å². The Labute approximate surface area is 97.7 Å². The van der Waals surface area contributed by atoms with E-state index in [1.807, 2.05) is 0 Å². The molecule has 0 radical (unpaired) electrons. The average Bonchev–Trinajstić information content (AvgIpc) is 2.15. The Balaban J connectivity index is 0. The van der Waals surface area contributed by atoms with E-state index in [0.29, 0.717) is 6.42 Å². The van der Waals surface area contributed by atoms with Crippen LogP contribution in [0.5, 0.6) is 0 Å². The highest BCUT2D eigenvalue weighted by Crippen LogP contribution is 2.07. The summed E-state index contributed by atoms with van der Waals surface area (Å²) in [5.41, 5.74) is 0. The summed E-state index contributed by atoms with van der Waals surface area (Å²) in [5.74, 6) is -1.50. The van der Waals surface area contributed by atoms with Crippen LogP contribution in [0.15, 0.2) is 0 Å². The molecule has 0 rings (SSSR count). The maximum Gasteiger partial charge on any atom is 0.303 e. The highest BCUT2D eigenvalue weighted by molar-refractivity contribution is 5.66. The minimum Gasteiger partial charge on any atom is -0.481 e. The molecule has 0 saturated carbocycles. The Morgan fingerprint density at radius 1 is 0.875 bits per heavy atom. The maximum absolute atomic E-state index is 10.1. The molecule has 0 unspecified atom stereocenters. The minimum atomic E-state index is -0.833. The lowest BCUT2D eigenvalue weighted by molar-refractivity contribution is -0.137. The van der Waals surface area contributed by atoms with Crippen LogP contribution >= 0.6 is 0 Å². The van der Waals surface area contributed by atoms with Crippen LogP contribution in [0.3, 0.4) is 0 Å². The molecular weight excluding hydrogens is 208 g/mol. The van der Waals surface area contributed by atoms with Gasteiger partial charge in [-0.15, -0.1) is 0 Å². The first-order chi connectivity index (χ1) is 7.50. The van der Waals surface area contributed by atoms with Crippen molar-refractivity contribution in [3.63, 3.8) is 0 Å². The Morgan fingerprint density at radius 2 is 1.25 bits per heavy atom. The molecule has 0 saturated heterocycles. The summed E-state index contributed by atoms with van der Waals surface area (Å²) >= 11 is 0. The first kappa shape index (κ1) is 17.3. The van der Waals surface area contributed by atoms with Gasteiger partial charge < -0.3 is 10.2 Å². The highest BCUT2D eigenvalue weighted by Gasteiger charge is 1.95. The first-order valence-corrected chi connectivity index (χ1v) is 5.92. The summed E-state index contributed by atoms with van der Waals surface area (Å²) in [6.45, 7) is 3.28. The second-order valence-electron chi connectivity index (χ2n) is 3.78. The third kappa shape index (κ3) is 29.3. The van der Waals surface area contributed by atoms with Crippen LogP contribution in [0, 0.1) is 0 Å². The van der Waals surface area contributed by atoms with Gasteiger partial charge in [0.2, 0.25) is 0 Å². The molecule has 2 N–H and O–H groups in total. The fourth-order valence-electron chi connectivity index (χ4n) is 1.23. The van der Waals surface area contributed by atoms with Crippen LogP contribution in [0.2, 0.25) is 0 Å². The van der Waals surface area contributed by atoms with Crippen LogP contribution < -0.4 is 0 Å². The van der Waals surface area contributed by atoms with E-state index in [0.717, 1.165) is 19.8 Å². The van der Waals surface area contributed by atoms with Gasteiger partial charge in [-0.25, -0.2) is 0 Å². The van der Waals surface area contributed by atoms with Crippen LogP contribution in [-0.2, 0) is 9.59 Å². The molecule has 0 aliphatic rings. The third-order valence-corrected chi connectivity index (χ3v) is 1.99. The molecule has 0 bridgehead atoms. The van der Waals surface area contributed by atoms with Gasteiger partial charge in [0.1, 0.15) is 0 Å². The van der Waals surface area contributed by atoms with E-state index in [1.165, 1.54) is 32.1 Å². The van der Waals surface area contributed by atoms with E-state index in [4.69, 9.17) is 15.0 Å². The normalized spacial score (nSPS) is 9.12. The SMILES string of the molecule is CC(=O)O.CCCCCCCCCC(=O)O. The van der Waals surface area contributed by atoms with Crippen LogP contribution in [-0.4, -0.2) is 22.2 Å². The molecule has 16 heavy (non-hydrogen) atoms. The van der Waals surface area contributed by atoms with Crippen molar-refractivity contribution in [2.45, 2.75) is 65.2 Å². The molecule has 0 aromatic carbocycles. The van der Waals surface area contributed by atoms with Crippen molar-refractivity contribution in [3.05, 3.63) is 0 Å². The quantitative estimate of drug-likeness (QED) is 0.630. The number of carboxylic acids is 2. The maximum atomic E-state index is 10.1. The number of aliphatic carboxylic acids is 2. The lowest BCUT2D eigenvalue weighted by Gasteiger charge is -1.98. The number of carbonyl (C=O) groups is 2. The van der Waals surface area contributed by atoms with Crippen molar-refractivity contribution < 1.29 is 19.8 Å². The molecule has 0 amide bonds. The van der Waals surface area contributed by atoms with E-state index in [1.54, 1.807) is 0 Å². The first-order valence-electron chi connectivity index (χ1n) is 5.92. The van der Waals surface area contributed by atoms with Gasteiger partial charge in [0.15, 0.2) is 0 Å². The number of carboxylic acid groups (broad SMARTS) is 2. The fourth-order valence-corrected chi connectivity index (χ4v) is 1.23. The summed E-state index contributed by atoms with van der Waals surface area (Å²) < 4.78 is 0. The van der Waals surface area contributed by atoms with Crippen LogP contribution in [0.25, 0.3) is 0 Å². The Bertz CT molecular complexity index is 174. The van der Waals surface area contributed by atoms with Crippen molar-refractivity contribution in [2.24, 2.45) is 0 Å². The standard InChI is InChI=1S/C10H20O2.C2H4O2/c1-2-3-4-5-6-7-8-9-10(11)12;1-2(3)4/h2-9H2,1H3,(H,11,12);1H3,(H,3,4). The zero-order chi connectivity index (χ0) is 12.8. The van der Waals surface area contributed by atoms with Gasteiger partial charge in [-0.2, -0.15) is 0 Å². The lowest BCUT2D eigenvalue weighted by atomic mass is 10.1. The van der Waals surface area contributed by atoms with Crippen LogP contribution in [0.1, 0.15) is 65.2 Å². The molecule has 0 heterocycles. The van der Waals surface area contributed by atoms with Gasteiger partial charge in [-0.1, -0.05) is 45.4 Å². The number of hydrogen-bond donors (Lipinski definition) is 2. The number of hydrogen-bond acceptors (Lipinski definition) is 2. The van der Waals surface area contributed by atoms with Gasteiger partial charge in [0.05, 0.1) is 0 Å². The Kier molecular flexibility index (Phi) is 15.1. The lowest BCUT2D eigenvalue weighted by Crippen LogP contribution is -1.93. The molecule has 0 aliphatic carbocycles. The Morgan fingerprint density at radius 3 is 1.62 bits per heavy atom. The molecule has 0 spiro atoms. The van der Waals surface area contributed by atoms with Gasteiger partial charge in [-0.05, 0) is 6.42 Å². The molecule has 0 atom stereocenters. The summed E-state index contributed by atoms with van der Waals surface area (Å²) in [6, 6.07) is 0. The van der Waals surface area contributed by atoms with Gasteiger partial charge >= 0.3 is 5.97 Å². The number of unbranched alkanes of at least 4 members (excludes halogenated alkanes) is 6. The topological polar surface area (TPSA) is 74.6 Å². The third-order valence-electron chi connectivity index (χ3n) is 1.99. The van der Waals surface area contributed by atoms with E-state index in [9.17, 15) is 4.79 Å². The minimum absolute atomic E-state index is 0.341. The molecule has 0 aliphatic heterocycles. The summed E-state index contributed by atoms with van der Waals surface area (Å²) in [5, 5.41) is 15.8. The largest absolute Gasteiger partial charge is 0.481 e. The fraction of sp³-hybridized carbons (Fsp3) is 0.833. The molecule has 96 valence electrons. The second-order valence-corrected chi connectivity index (χ2v) is 3.78. The second kappa shape index (κ2) is 13.9. The smallest absolute Gasteiger partial charge is 0.303 e. The summed E-state index contributed by atoms with van der Waals surface area (Å²) in [7, 11) is 0. The molecule has 0 aromatic rings. The summed E-state index contributed by atoms with van der Waals surface area (Å²) in [4.78, 5) is 19.1. The predicted octanol–water partition coefficient (Wildman–Crippen LogP) is 3.30. The average molecular weight is 232 g/mol. The Hall–Kier alpha value is -1.06. The van der Waals surface area contributed by atoms with Crippen molar-refractivity contribution in [1.82, 2.24) is 0 Å². The molecule has 4 nitrogen and oxygen atoms in total. The van der Waals surface area contributed by atoms with Gasteiger partial charge in [0, 0.05) is 13.3 Å². The molecule has 0 fully saturated rings. The monoisotopic (exact) mass is 232 g/mol. The predicted molar refractivity (Wildman–Crippen MR) is 63.6 cm³/mol. The van der Waals surface area contributed by atoms with E-state index < -0.39 is 11.9 Å². The van der Waals surface area contributed by atoms with Crippen LogP contribution in [0.4, 0.5) is 0 Å². The van der Waals surface area contributed by atoms with E-state index in [2.05, 4.69) is 6.92 Å².